The predicted molar refractivity (Wildman–Crippen MR) is 57.5 cm³/mol. The average Bonchev–Trinajstić information content (AvgIpc) is 2.16. The topological polar surface area (TPSA) is 97.1 Å². The van der Waals surface area contributed by atoms with Crippen molar-refractivity contribution in [3.63, 3.8) is 0 Å². The van der Waals surface area contributed by atoms with E-state index in [0.717, 1.165) is 0 Å². The van der Waals surface area contributed by atoms with Crippen LogP contribution in [-0.4, -0.2) is 19.4 Å². The first kappa shape index (κ1) is 11.9. The van der Waals surface area contributed by atoms with Gasteiger partial charge in [-0.3, -0.25) is 0 Å². The Hall–Kier alpha value is -1.18. The molecule has 0 aliphatic rings. The number of aromatic nitrogens is 1. The van der Waals surface area contributed by atoms with Gasteiger partial charge in [-0.25, -0.2) is 24.0 Å². The fourth-order valence-electron chi connectivity index (χ4n) is 1.00. The van der Waals surface area contributed by atoms with Crippen molar-refractivity contribution < 1.29 is 8.42 Å². The SMILES string of the molecule is CC(C)NS(=O)(=O)c1ccc(NN)nc1. The van der Waals surface area contributed by atoms with Crippen molar-refractivity contribution in [3.8, 4) is 0 Å². The molecule has 1 heterocycles. The molecular weight excluding hydrogens is 216 g/mol. The van der Waals surface area contributed by atoms with E-state index in [9.17, 15) is 8.42 Å². The molecule has 1 aromatic rings. The molecule has 4 N–H and O–H groups in total. The van der Waals surface area contributed by atoms with Gasteiger partial charge in [0.05, 0.1) is 0 Å². The molecule has 0 saturated carbocycles. The van der Waals surface area contributed by atoms with Crippen molar-refractivity contribution in [3.05, 3.63) is 18.3 Å². The van der Waals surface area contributed by atoms with E-state index in [1.807, 2.05) is 0 Å². The Morgan fingerprint density at radius 1 is 1.40 bits per heavy atom. The van der Waals surface area contributed by atoms with Crippen LogP contribution in [0.5, 0.6) is 0 Å². The first-order valence-corrected chi connectivity index (χ1v) is 5.89. The summed E-state index contributed by atoms with van der Waals surface area (Å²) in [6, 6.07) is 2.78. The van der Waals surface area contributed by atoms with Crippen LogP contribution in [0.3, 0.4) is 0 Å². The molecule has 0 fully saturated rings. The molecule has 15 heavy (non-hydrogen) atoms. The molecule has 0 aromatic carbocycles. The maximum absolute atomic E-state index is 11.6. The van der Waals surface area contributed by atoms with Crippen LogP contribution in [0.25, 0.3) is 0 Å². The summed E-state index contributed by atoms with van der Waals surface area (Å²) in [5.74, 6) is 5.53. The summed E-state index contributed by atoms with van der Waals surface area (Å²) in [6.45, 7) is 3.50. The molecule has 0 unspecified atom stereocenters. The number of hydrazine groups is 1. The fraction of sp³-hybridized carbons (Fsp3) is 0.375. The number of nitrogen functional groups attached to an aromatic ring is 1. The van der Waals surface area contributed by atoms with Gasteiger partial charge in [0.25, 0.3) is 0 Å². The molecule has 0 bridgehead atoms. The third-order valence-electron chi connectivity index (χ3n) is 1.59. The predicted octanol–water partition coefficient (Wildman–Crippen LogP) is 0.0539. The third kappa shape index (κ3) is 3.15. The first-order chi connectivity index (χ1) is 6.95. The van der Waals surface area contributed by atoms with Crippen molar-refractivity contribution >= 4 is 15.8 Å². The summed E-state index contributed by atoms with van der Waals surface area (Å²) in [7, 11) is -3.47. The summed E-state index contributed by atoms with van der Waals surface area (Å²) < 4.78 is 25.7. The lowest BCUT2D eigenvalue weighted by Gasteiger charge is -2.09. The van der Waals surface area contributed by atoms with E-state index >= 15 is 0 Å². The zero-order valence-electron chi connectivity index (χ0n) is 8.56. The average molecular weight is 230 g/mol. The summed E-state index contributed by atoms with van der Waals surface area (Å²) in [6.07, 6.45) is 1.25. The van der Waals surface area contributed by atoms with Crippen LogP contribution < -0.4 is 16.0 Å². The summed E-state index contributed by atoms with van der Waals surface area (Å²) in [5, 5.41) is 0. The minimum atomic E-state index is -3.47. The molecule has 7 heteroatoms. The largest absolute Gasteiger partial charge is 0.308 e. The van der Waals surface area contributed by atoms with E-state index in [1.54, 1.807) is 13.8 Å². The maximum Gasteiger partial charge on any atom is 0.242 e. The van der Waals surface area contributed by atoms with E-state index < -0.39 is 10.0 Å². The van der Waals surface area contributed by atoms with Crippen molar-refractivity contribution in [1.82, 2.24) is 9.71 Å². The van der Waals surface area contributed by atoms with Gasteiger partial charge in [0.2, 0.25) is 10.0 Å². The van der Waals surface area contributed by atoms with Gasteiger partial charge in [-0.2, -0.15) is 0 Å². The van der Waals surface area contributed by atoms with Crippen molar-refractivity contribution in [2.24, 2.45) is 5.84 Å². The number of sulfonamides is 1. The molecule has 0 atom stereocenters. The zero-order chi connectivity index (χ0) is 11.5. The van der Waals surface area contributed by atoms with Gasteiger partial charge in [0, 0.05) is 12.2 Å². The number of hydrogen-bond acceptors (Lipinski definition) is 5. The Morgan fingerprint density at radius 2 is 2.07 bits per heavy atom. The lowest BCUT2D eigenvalue weighted by Crippen LogP contribution is -2.30. The third-order valence-corrected chi connectivity index (χ3v) is 3.23. The van der Waals surface area contributed by atoms with Crippen molar-refractivity contribution in [1.29, 1.82) is 0 Å². The smallest absolute Gasteiger partial charge is 0.242 e. The lowest BCUT2D eigenvalue weighted by molar-refractivity contribution is 0.569. The van der Waals surface area contributed by atoms with E-state index in [2.05, 4.69) is 15.1 Å². The van der Waals surface area contributed by atoms with Crippen LogP contribution in [-0.2, 0) is 10.0 Å². The molecule has 6 nitrogen and oxygen atoms in total. The van der Waals surface area contributed by atoms with Crippen molar-refractivity contribution in [2.75, 3.05) is 5.43 Å². The maximum atomic E-state index is 11.6. The van der Waals surface area contributed by atoms with Crippen LogP contribution in [0, 0.1) is 0 Å². The van der Waals surface area contributed by atoms with Gasteiger partial charge in [0.15, 0.2) is 0 Å². The number of pyridine rings is 1. The molecule has 0 aliphatic heterocycles. The number of nitrogens with zero attached hydrogens (tertiary/aromatic N) is 1. The molecule has 0 radical (unpaired) electrons. The first-order valence-electron chi connectivity index (χ1n) is 4.40. The summed E-state index contributed by atoms with van der Waals surface area (Å²) in [5.41, 5.74) is 2.32. The molecule has 0 spiro atoms. The number of nitrogens with two attached hydrogens (primary N) is 1. The second kappa shape index (κ2) is 4.56. The van der Waals surface area contributed by atoms with Gasteiger partial charge < -0.3 is 5.43 Å². The van der Waals surface area contributed by atoms with Crippen molar-refractivity contribution in [2.45, 2.75) is 24.8 Å². The van der Waals surface area contributed by atoms with Crippen LogP contribution >= 0.6 is 0 Å². The van der Waals surface area contributed by atoms with Crippen LogP contribution in [0.2, 0.25) is 0 Å². The Bertz CT molecular complexity index is 413. The Labute approximate surface area is 88.9 Å². The highest BCUT2D eigenvalue weighted by molar-refractivity contribution is 7.89. The van der Waals surface area contributed by atoms with Gasteiger partial charge >= 0.3 is 0 Å². The minimum Gasteiger partial charge on any atom is -0.308 e. The second-order valence-corrected chi connectivity index (χ2v) is 5.01. The second-order valence-electron chi connectivity index (χ2n) is 3.30. The molecule has 84 valence electrons. The quantitative estimate of drug-likeness (QED) is 0.502. The molecule has 0 saturated heterocycles. The Morgan fingerprint density at radius 3 is 2.47 bits per heavy atom. The highest BCUT2D eigenvalue weighted by Gasteiger charge is 2.15. The zero-order valence-corrected chi connectivity index (χ0v) is 9.38. The van der Waals surface area contributed by atoms with E-state index in [-0.39, 0.29) is 10.9 Å². The lowest BCUT2D eigenvalue weighted by atomic mass is 10.4. The van der Waals surface area contributed by atoms with Crippen LogP contribution in [0.15, 0.2) is 23.2 Å². The standard InChI is InChI=1S/C8H14N4O2S/c1-6(2)12-15(13,14)7-3-4-8(11-9)10-5-7/h3-6,12H,9H2,1-2H3,(H,10,11). The van der Waals surface area contributed by atoms with Gasteiger partial charge in [0.1, 0.15) is 10.7 Å². The number of rotatable bonds is 4. The van der Waals surface area contributed by atoms with Gasteiger partial charge in [-0.05, 0) is 26.0 Å². The molecule has 1 aromatic heterocycles. The summed E-state index contributed by atoms with van der Waals surface area (Å²) in [4.78, 5) is 3.94. The van der Waals surface area contributed by atoms with Crippen LogP contribution in [0.4, 0.5) is 5.82 Å². The highest BCUT2D eigenvalue weighted by atomic mass is 32.2. The molecule has 0 aliphatic carbocycles. The fourth-order valence-corrected chi connectivity index (χ4v) is 2.20. The Kier molecular flexibility index (Phi) is 3.61. The van der Waals surface area contributed by atoms with Crippen LogP contribution in [0.1, 0.15) is 13.8 Å². The Balaban J connectivity index is 2.96. The van der Waals surface area contributed by atoms with E-state index in [4.69, 9.17) is 5.84 Å². The molecule has 0 amide bonds. The normalized spacial score (nSPS) is 11.7. The minimum absolute atomic E-state index is 0.121. The molecular formula is C8H14N4O2S. The molecule has 1 rings (SSSR count). The van der Waals surface area contributed by atoms with Gasteiger partial charge in [-0.15, -0.1) is 0 Å². The number of anilines is 1. The van der Waals surface area contributed by atoms with Gasteiger partial charge in [-0.1, -0.05) is 0 Å². The number of nitrogens with one attached hydrogen (secondary N) is 2. The highest BCUT2D eigenvalue weighted by Crippen LogP contribution is 2.10. The number of hydrogen-bond donors (Lipinski definition) is 3. The summed E-state index contributed by atoms with van der Waals surface area (Å²) >= 11 is 0. The van der Waals surface area contributed by atoms with E-state index in [0.29, 0.717) is 5.82 Å². The van der Waals surface area contributed by atoms with E-state index in [1.165, 1.54) is 18.3 Å². The monoisotopic (exact) mass is 230 g/mol.